The van der Waals surface area contributed by atoms with Gasteiger partial charge in [0, 0.05) is 0 Å². The maximum atomic E-state index is 2.40. The Morgan fingerprint density at radius 3 is 1.75 bits per heavy atom. The van der Waals surface area contributed by atoms with Crippen LogP contribution in [0.3, 0.4) is 0 Å². The van der Waals surface area contributed by atoms with Crippen LogP contribution in [-0.4, -0.2) is 0 Å². The van der Waals surface area contributed by atoms with E-state index < -0.39 is 0 Å². The summed E-state index contributed by atoms with van der Waals surface area (Å²) in [5, 5.41) is 0. The monoisotopic (exact) mass is 170 g/mol. The van der Waals surface area contributed by atoms with Crippen molar-refractivity contribution in [3.8, 4) is 0 Å². The Labute approximate surface area is 78.8 Å². The number of hydrogen-bond acceptors (Lipinski definition) is 0. The number of hydrogen-bond donors (Lipinski definition) is 0. The van der Waals surface area contributed by atoms with Gasteiger partial charge in [-0.2, -0.15) is 0 Å². The summed E-state index contributed by atoms with van der Waals surface area (Å²) in [7, 11) is 0. The third-order valence-electron chi connectivity index (χ3n) is 2.36. The Morgan fingerprint density at radius 2 is 1.42 bits per heavy atom. The summed E-state index contributed by atoms with van der Waals surface area (Å²) in [6.45, 7) is 14.1. The van der Waals surface area contributed by atoms with Gasteiger partial charge in [-0.15, -0.1) is 0 Å². The van der Waals surface area contributed by atoms with E-state index in [0.29, 0.717) is 5.41 Å². The van der Waals surface area contributed by atoms with E-state index in [9.17, 15) is 0 Å². The molecule has 0 spiro atoms. The standard InChI is InChI=1S/C12H26/c1-10(2)7-8-12(5,6)9-11(3)4/h10-11H,7-9H2,1-6H3. The van der Waals surface area contributed by atoms with Gasteiger partial charge in [-0.1, -0.05) is 48.0 Å². The molecule has 0 heteroatoms. The van der Waals surface area contributed by atoms with Crippen molar-refractivity contribution in [2.75, 3.05) is 0 Å². The second-order valence-corrected chi connectivity index (χ2v) is 5.69. The largest absolute Gasteiger partial charge is 0.0628 e. The molecule has 0 aromatic carbocycles. The second kappa shape index (κ2) is 4.89. The molecule has 0 fully saturated rings. The zero-order chi connectivity index (χ0) is 9.78. The van der Waals surface area contributed by atoms with E-state index in [1.165, 1.54) is 19.3 Å². The molecule has 0 aliphatic rings. The Kier molecular flexibility index (Phi) is 4.89. The molecule has 0 rings (SSSR count). The lowest BCUT2D eigenvalue weighted by molar-refractivity contribution is 0.247. The summed E-state index contributed by atoms with van der Waals surface area (Å²) >= 11 is 0. The van der Waals surface area contributed by atoms with Gasteiger partial charge >= 0.3 is 0 Å². The smallest absolute Gasteiger partial charge is 0.0352 e. The highest BCUT2D eigenvalue weighted by molar-refractivity contribution is 4.70. The summed E-state index contributed by atoms with van der Waals surface area (Å²) in [6.07, 6.45) is 4.11. The van der Waals surface area contributed by atoms with Crippen LogP contribution in [0.4, 0.5) is 0 Å². The van der Waals surface area contributed by atoms with E-state index in [1.54, 1.807) is 0 Å². The molecule has 0 aliphatic heterocycles. The van der Waals surface area contributed by atoms with Gasteiger partial charge in [0.15, 0.2) is 0 Å². The van der Waals surface area contributed by atoms with Gasteiger partial charge in [0.2, 0.25) is 0 Å². The van der Waals surface area contributed by atoms with Gasteiger partial charge in [-0.05, 0) is 30.1 Å². The molecule has 0 bridgehead atoms. The minimum atomic E-state index is 0.554. The van der Waals surface area contributed by atoms with E-state index in [2.05, 4.69) is 41.5 Å². The molecule has 0 radical (unpaired) electrons. The summed E-state index contributed by atoms with van der Waals surface area (Å²) in [5.74, 6) is 1.70. The van der Waals surface area contributed by atoms with Crippen LogP contribution in [0.15, 0.2) is 0 Å². The number of rotatable bonds is 5. The highest BCUT2D eigenvalue weighted by Crippen LogP contribution is 2.31. The molecule has 0 heterocycles. The Balaban J connectivity index is 3.71. The zero-order valence-electron chi connectivity index (χ0n) is 9.78. The van der Waals surface area contributed by atoms with E-state index in [4.69, 9.17) is 0 Å². The molecule has 0 saturated carbocycles. The van der Waals surface area contributed by atoms with Crippen LogP contribution >= 0.6 is 0 Å². The predicted octanol–water partition coefficient (Wildman–Crippen LogP) is 4.49. The lowest BCUT2D eigenvalue weighted by Gasteiger charge is -2.27. The van der Waals surface area contributed by atoms with Gasteiger partial charge in [0.25, 0.3) is 0 Å². The average molecular weight is 170 g/mol. The first-order valence-electron chi connectivity index (χ1n) is 5.33. The summed E-state index contributed by atoms with van der Waals surface area (Å²) in [5.41, 5.74) is 0.554. The Bertz CT molecular complexity index is 109. The van der Waals surface area contributed by atoms with Crippen LogP contribution in [0.1, 0.15) is 60.8 Å². The maximum absolute atomic E-state index is 2.40. The van der Waals surface area contributed by atoms with E-state index >= 15 is 0 Å². The first kappa shape index (κ1) is 12.0. The molecule has 0 aromatic heterocycles. The molecule has 0 amide bonds. The summed E-state index contributed by atoms with van der Waals surface area (Å²) < 4.78 is 0. The minimum Gasteiger partial charge on any atom is -0.0628 e. The van der Waals surface area contributed by atoms with Gasteiger partial charge in [-0.25, -0.2) is 0 Å². The lowest BCUT2D eigenvalue weighted by atomic mass is 9.79. The highest BCUT2D eigenvalue weighted by Gasteiger charge is 2.19. The van der Waals surface area contributed by atoms with Gasteiger partial charge in [-0.3, -0.25) is 0 Å². The highest BCUT2D eigenvalue weighted by atomic mass is 14.2. The van der Waals surface area contributed by atoms with Crippen LogP contribution < -0.4 is 0 Å². The van der Waals surface area contributed by atoms with Crippen LogP contribution in [0.2, 0.25) is 0 Å². The molecular formula is C12H26. The molecular weight excluding hydrogens is 144 g/mol. The van der Waals surface area contributed by atoms with Crippen molar-refractivity contribution in [2.45, 2.75) is 60.8 Å². The van der Waals surface area contributed by atoms with Gasteiger partial charge in [0.1, 0.15) is 0 Å². The maximum Gasteiger partial charge on any atom is -0.0352 e. The SMILES string of the molecule is CC(C)CCC(C)(C)CC(C)C. The molecule has 0 saturated heterocycles. The average Bonchev–Trinajstić information content (AvgIpc) is 1.81. The lowest BCUT2D eigenvalue weighted by Crippen LogP contribution is -2.15. The van der Waals surface area contributed by atoms with Crippen LogP contribution in [0, 0.1) is 17.3 Å². The fraction of sp³-hybridized carbons (Fsp3) is 1.00. The van der Waals surface area contributed by atoms with E-state index in [0.717, 1.165) is 11.8 Å². The molecule has 0 aliphatic carbocycles. The molecule has 0 atom stereocenters. The predicted molar refractivity (Wildman–Crippen MR) is 57.3 cm³/mol. The third-order valence-corrected chi connectivity index (χ3v) is 2.36. The van der Waals surface area contributed by atoms with Crippen molar-refractivity contribution >= 4 is 0 Å². The fourth-order valence-electron chi connectivity index (χ4n) is 1.89. The summed E-state index contributed by atoms with van der Waals surface area (Å²) in [6, 6.07) is 0. The topological polar surface area (TPSA) is 0 Å². The minimum absolute atomic E-state index is 0.554. The molecule has 0 unspecified atom stereocenters. The van der Waals surface area contributed by atoms with Crippen molar-refractivity contribution in [1.29, 1.82) is 0 Å². The van der Waals surface area contributed by atoms with Crippen LogP contribution in [0.5, 0.6) is 0 Å². The molecule has 12 heavy (non-hydrogen) atoms. The van der Waals surface area contributed by atoms with Crippen LogP contribution in [0.25, 0.3) is 0 Å². The van der Waals surface area contributed by atoms with Crippen molar-refractivity contribution in [3.05, 3.63) is 0 Å². The van der Waals surface area contributed by atoms with Gasteiger partial charge in [0.05, 0.1) is 0 Å². The fourth-order valence-corrected chi connectivity index (χ4v) is 1.89. The molecule has 0 aromatic rings. The van der Waals surface area contributed by atoms with Crippen molar-refractivity contribution in [3.63, 3.8) is 0 Å². The Hall–Kier alpha value is 0. The molecule has 0 nitrogen and oxygen atoms in total. The van der Waals surface area contributed by atoms with Crippen LogP contribution in [-0.2, 0) is 0 Å². The second-order valence-electron chi connectivity index (χ2n) is 5.69. The third kappa shape index (κ3) is 6.69. The van der Waals surface area contributed by atoms with Crippen molar-refractivity contribution in [1.82, 2.24) is 0 Å². The summed E-state index contributed by atoms with van der Waals surface area (Å²) in [4.78, 5) is 0. The normalized spacial score (nSPS) is 13.0. The zero-order valence-corrected chi connectivity index (χ0v) is 9.78. The molecule has 74 valence electrons. The van der Waals surface area contributed by atoms with E-state index in [-0.39, 0.29) is 0 Å². The van der Waals surface area contributed by atoms with Crippen molar-refractivity contribution in [2.24, 2.45) is 17.3 Å². The first-order chi connectivity index (χ1) is 5.33. The van der Waals surface area contributed by atoms with Crippen molar-refractivity contribution < 1.29 is 0 Å². The van der Waals surface area contributed by atoms with Gasteiger partial charge < -0.3 is 0 Å². The molecule has 0 N–H and O–H groups in total. The van der Waals surface area contributed by atoms with E-state index in [1.807, 2.05) is 0 Å². The quantitative estimate of drug-likeness (QED) is 0.570. The first-order valence-corrected chi connectivity index (χ1v) is 5.33. The Morgan fingerprint density at radius 1 is 0.917 bits per heavy atom.